The number of carbonyl (C=O) groups excluding carboxylic acids is 3. The van der Waals surface area contributed by atoms with Crippen LogP contribution in [0.1, 0.15) is 57.9 Å². The summed E-state index contributed by atoms with van der Waals surface area (Å²) in [6.45, 7) is 3.93. The zero-order chi connectivity index (χ0) is 25.5. The van der Waals surface area contributed by atoms with Gasteiger partial charge < -0.3 is 32.5 Å². The minimum atomic E-state index is -1.16. The topological polar surface area (TPSA) is 177 Å². The maximum atomic E-state index is 13.0. The maximum absolute atomic E-state index is 13.0. The molecule has 0 fully saturated rings. The predicted octanol–water partition coefficient (Wildman–Crippen LogP) is 0.435. The van der Waals surface area contributed by atoms with Gasteiger partial charge in [0.05, 0.1) is 6.04 Å². The van der Waals surface area contributed by atoms with Crippen LogP contribution in [0, 0.1) is 0 Å². The molecule has 0 radical (unpaired) electrons. The summed E-state index contributed by atoms with van der Waals surface area (Å²) in [5.41, 5.74) is 12.1. The van der Waals surface area contributed by atoms with Crippen molar-refractivity contribution in [3.8, 4) is 0 Å². The number of carbonyl (C=O) groups is 4. The molecule has 0 bridgehead atoms. The Balaban J connectivity index is 2.88. The van der Waals surface area contributed by atoms with Crippen molar-refractivity contribution in [3.05, 3.63) is 35.9 Å². The highest BCUT2D eigenvalue weighted by molar-refractivity contribution is 5.94. The van der Waals surface area contributed by atoms with Crippen molar-refractivity contribution in [1.82, 2.24) is 16.0 Å². The summed E-state index contributed by atoms with van der Waals surface area (Å²) in [6, 6.07) is 5.28. The molecule has 34 heavy (non-hydrogen) atoms. The lowest BCUT2D eigenvalue weighted by molar-refractivity contribution is -0.142. The quantitative estimate of drug-likeness (QED) is 0.187. The van der Waals surface area contributed by atoms with Gasteiger partial charge in [-0.1, -0.05) is 50.1 Å². The first-order chi connectivity index (χ1) is 16.2. The molecule has 0 heterocycles. The van der Waals surface area contributed by atoms with Gasteiger partial charge in [-0.05, 0) is 44.7 Å². The minimum Gasteiger partial charge on any atom is -0.480 e. The molecule has 10 nitrogen and oxygen atoms in total. The monoisotopic (exact) mass is 477 g/mol. The summed E-state index contributed by atoms with van der Waals surface area (Å²) < 4.78 is 0. The van der Waals surface area contributed by atoms with Gasteiger partial charge in [0.25, 0.3) is 0 Å². The van der Waals surface area contributed by atoms with Crippen LogP contribution < -0.4 is 27.4 Å². The van der Waals surface area contributed by atoms with Crippen LogP contribution in [0.4, 0.5) is 0 Å². The first-order valence-electron chi connectivity index (χ1n) is 11.8. The van der Waals surface area contributed by atoms with Gasteiger partial charge in [-0.25, -0.2) is 4.79 Å². The number of hydrogen-bond donors (Lipinski definition) is 6. The van der Waals surface area contributed by atoms with Crippen LogP contribution in [0.25, 0.3) is 0 Å². The predicted molar refractivity (Wildman–Crippen MR) is 130 cm³/mol. The van der Waals surface area contributed by atoms with Gasteiger partial charge in [0.1, 0.15) is 18.1 Å². The van der Waals surface area contributed by atoms with Crippen LogP contribution in [-0.4, -0.2) is 59.5 Å². The third kappa shape index (κ3) is 10.8. The number of nitrogens with two attached hydrogens (primary N) is 2. The molecular formula is C24H39N5O5. The Labute approximate surface area is 201 Å². The van der Waals surface area contributed by atoms with E-state index in [0.29, 0.717) is 25.8 Å². The zero-order valence-electron chi connectivity index (χ0n) is 20.1. The number of carboxylic acid groups (broad SMARTS) is 1. The Morgan fingerprint density at radius 1 is 0.882 bits per heavy atom. The second-order valence-electron chi connectivity index (χ2n) is 8.41. The maximum Gasteiger partial charge on any atom is 0.326 e. The molecular weight excluding hydrogens is 438 g/mol. The van der Waals surface area contributed by atoms with E-state index in [1.807, 2.05) is 13.0 Å². The van der Waals surface area contributed by atoms with Gasteiger partial charge in [0, 0.05) is 6.42 Å². The van der Waals surface area contributed by atoms with Gasteiger partial charge in [-0.15, -0.1) is 0 Å². The highest BCUT2D eigenvalue weighted by Gasteiger charge is 2.28. The summed E-state index contributed by atoms with van der Waals surface area (Å²) in [7, 11) is 0. The van der Waals surface area contributed by atoms with Crippen molar-refractivity contribution in [2.45, 2.75) is 83.0 Å². The van der Waals surface area contributed by atoms with Crippen LogP contribution in [0.15, 0.2) is 30.3 Å². The van der Waals surface area contributed by atoms with Crippen molar-refractivity contribution >= 4 is 23.7 Å². The van der Waals surface area contributed by atoms with E-state index in [-0.39, 0.29) is 12.8 Å². The Kier molecular flexibility index (Phi) is 13.5. The van der Waals surface area contributed by atoms with E-state index in [4.69, 9.17) is 11.5 Å². The lowest BCUT2D eigenvalue weighted by Crippen LogP contribution is -2.56. The number of benzene rings is 1. The highest BCUT2D eigenvalue weighted by atomic mass is 16.4. The number of amides is 3. The molecule has 0 aromatic heterocycles. The molecule has 190 valence electrons. The molecule has 0 unspecified atom stereocenters. The Hall–Kier alpha value is -2.98. The molecule has 8 N–H and O–H groups in total. The molecule has 1 rings (SSSR count). The molecule has 0 saturated carbocycles. The summed E-state index contributed by atoms with van der Waals surface area (Å²) in [5, 5.41) is 17.2. The van der Waals surface area contributed by atoms with Crippen LogP contribution in [0.5, 0.6) is 0 Å². The summed E-state index contributed by atoms with van der Waals surface area (Å²) in [6.07, 6.45) is 3.78. The number of hydrogen-bond acceptors (Lipinski definition) is 6. The average molecular weight is 478 g/mol. The van der Waals surface area contributed by atoms with E-state index in [1.54, 1.807) is 24.3 Å². The van der Waals surface area contributed by atoms with E-state index < -0.39 is 47.9 Å². The molecule has 0 spiro atoms. The fourth-order valence-corrected chi connectivity index (χ4v) is 3.32. The molecule has 10 heteroatoms. The highest BCUT2D eigenvalue weighted by Crippen LogP contribution is 2.07. The van der Waals surface area contributed by atoms with Gasteiger partial charge >= 0.3 is 5.97 Å². The lowest BCUT2D eigenvalue weighted by Gasteiger charge is -2.24. The van der Waals surface area contributed by atoms with Gasteiger partial charge in [0.15, 0.2) is 0 Å². The van der Waals surface area contributed by atoms with Crippen molar-refractivity contribution in [2.24, 2.45) is 11.5 Å². The van der Waals surface area contributed by atoms with E-state index in [2.05, 4.69) is 16.0 Å². The number of rotatable bonds is 16. The summed E-state index contributed by atoms with van der Waals surface area (Å²) >= 11 is 0. The molecule has 0 aliphatic heterocycles. The van der Waals surface area contributed by atoms with Crippen LogP contribution in [-0.2, 0) is 25.6 Å². The third-order valence-electron chi connectivity index (χ3n) is 5.43. The van der Waals surface area contributed by atoms with Crippen LogP contribution >= 0.6 is 0 Å². The smallest absolute Gasteiger partial charge is 0.326 e. The second kappa shape index (κ2) is 15.8. The summed E-state index contributed by atoms with van der Waals surface area (Å²) in [4.78, 5) is 49.6. The molecule has 0 saturated heterocycles. The number of nitrogens with one attached hydrogen (secondary N) is 3. The Morgan fingerprint density at radius 3 is 2.12 bits per heavy atom. The van der Waals surface area contributed by atoms with Gasteiger partial charge in [-0.2, -0.15) is 0 Å². The fraction of sp³-hybridized carbons (Fsp3) is 0.583. The summed E-state index contributed by atoms with van der Waals surface area (Å²) in [5.74, 6) is -2.78. The molecule has 0 aliphatic carbocycles. The van der Waals surface area contributed by atoms with Crippen molar-refractivity contribution in [1.29, 1.82) is 0 Å². The number of aliphatic carboxylic acids is 1. The van der Waals surface area contributed by atoms with Gasteiger partial charge in [0.2, 0.25) is 17.7 Å². The number of unbranched alkanes of at least 4 members (excludes halogenated alkanes) is 2. The van der Waals surface area contributed by atoms with E-state index in [9.17, 15) is 24.3 Å². The second-order valence-corrected chi connectivity index (χ2v) is 8.41. The SMILES string of the molecule is CCCC[C@H](N)C(=O)N[C@@H](C)C(=O)N[C@@H](Cc1ccccc1)C(=O)N[C@@H](CCCCN)C(=O)O. The number of carboxylic acids is 1. The Morgan fingerprint density at radius 2 is 1.53 bits per heavy atom. The molecule has 4 atom stereocenters. The van der Waals surface area contributed by atoms with Crippen molar-refractivity contribution in [2.75, 3.05) is 6.54 Å². The molecule has 1 aromatic carbocycles. The van der Waals surface area contributed by atoms with Gasteiger partial charge in [-0.3, -0.25) is 14.4 Å². The van der Waals surface area contributed by atoms with Crippen LogP contribution in [0.3, 0.4) is 0 Å². The van der Waals surface area contributed by atoms with E-state index in [1.165, 1.54) is 6.92 Å². The van der Waals surface area contributed by atoms with Crippen molar-refractivity contribution < 1.29 is 24.3 Å². The molecule has 3 amide bonds. The first-order valence-corrected chi connectivity index (χ1v) is 11.8. The third-order valence-corrected chi connectivity index (χ3v) is 5.43. The largest absolute Gasteiger partial charge is 0.480 e. The lowest BCUT2D eigenvalue weighted by atomic mass is 10.0. The normalized spacial score (nSPS) is 14.4. The average Bonchev–Trinajstić information content (AvgIpc) is 2.81. The van der Waals surface area contributed by atoms with Crippen LogP contribution in [0.2, 0.25) is 0 Å². The fourth-order valence-electron chi connectivity index (χ4n) is 3.32. The Bertz CT molecular complexity index is 789. The van der Waals surface area contributed by atoms with E-state index >= 15 is 0 Å². The minimum absolute atomic E-state index is 0.157. The van der Waals surface area contributed by atoms with E-state index in [0.717, 1.165) is 18.4 Å². The molecule has 1 aromatic rings. The van der Waals surface area contributed by atoms with Crippen molar-refractivity contribution in [3.63, 3.8) is 0 Å². The first kappa shape index (κ1) is 29.1. The zero-order valence-corrected chi connectivity index (χ0v) is 20.1. The standard InChI is InChI=1S/C24H39N5O5/c1-3-4-12-18(26)22(31)27-16(2)21(30)29-20(15-17-10-6-5-7-11-17)23(32)28-19(24(33)34)13-8-9-14-25/h5-7,10-11,16,18-20H,3-4,8-9,12-15,25-26H2,1-2H3,(H,27,31)(H,28,32)(H,29,30)(H,33,34)/t16-,18-,19-,20-/m0/s1. The molecule has 0 aliphatic rings.